The average molecular weight is 688 g/mol. The molecule has 0 aliphatic carbocycles. The highest BCUT2D eigenvalue weighted by Crippen LogP contribution is 2.30. The van der Waals surface area contributed by atoms with Crippen molar-refractivity contribution < 1.29 is 19.2 Å². The molecule has 1 N–H and O–H groups in total. The van der Waals surface area contributed by atoms with Gasteiger partial charge in [-0.15, -0.1) is 0 Å². The number of rotatable bonds is 0. The number of nitrogens with one attached hydrogen (secondary N) is 1. The van der Waals surface area contributed by atoms with Gasteiger partial charge in [-0.25, -0.2) is 0 Å². The van der Waals surface area contributed by atoms with Crippen molar-refractivity contribution in [2.24, 2.45) is 0 Å². The molecule has 2 heterocycles. The Bertz CT molecular complexity index is 1120. The molecular formula is C17H10I2N2O4S4. The van der Waals surface area contributed by atoms with Crippen LogP contribution in [0.3, 0.4) is 0 Å². The van der Waals surface area contributed by atoms with E-state index in [0.29, 0.717) is 22.5 Å². The Morgan fingerprint density at radius 1 is 0.862 bits per heavy atom. The van der Waals surface area contributed by atoms with Gasteiger partial charge in [-0.3, -0.25) is 19.2 Å². The molecule has 2 aromatic rings. The lowest BCUT2D eigenvalue weighted by Gasteiger charge is -2.07. The Kier molecular flexibility index (Phi) is 9.15. The normalized spacial score (nSPS) is 13.4. The standard InChI is InChI=1S/C9H6INO2.C8H4INO2.S4/c1-11-6-4-2-3-5(10)7(6)8(12)9(11)13;9-4-2-1-3-5-6(4)7(11)8(12)10-5;1-3-4-2/h2-4H,1H3;1-3H,(H,10,11,12);. The van der Waals surface area contributed by atoms with Gasteiger partial charge in [0.05, 0.1) is 22.5 Å². The number of ketones is 2. The van der Waals surface area contributed by atoms with E-state index >= 15 is 0 Å². The predicted molar refractivity (Wildman–Crippen MR) is 138 cm³/mol. The van der Waals surface area contributed by atoms with Crippen molar-refractivity contribution in [3.05, 3.63) is 54.7 Å². The van der Waals surface area contributed by atoms with Crippen LogP contribution >= 0.6 is 45.2 Å². The number of carbonyl (C=O) groups is 4. The highest BCUT2D eigenvalue weighted by molar-refractivity contribution is 14.1. The van der Waals surface area contributed by atoms with Gasteiger partial charge in [0.1, 0.15) is 0 Å². The van der Waals surface area contributed by atoms with Crippen LogP contribution in [0.4, 0.5) is 11.4 Å². The summed E-state index contributed by atoms with van der Waals surface area (Å²) in [6.45, 7) is 0. The quantitative estimate of drug-likeness (QED) is 0.339. The molecule has 29 heavy (non-hydrogen) atoms. The topological polar surface area (TPSA) is 83.6 Å². The Morgan fingerprint density at radius 2 is 1.41 bits per heavy atom. The molecule has 0 atom stereocenters. The molecule has 150 valence electrons. The van der Waals surface area contributed by atoms with Crippen LogP contribution in [0.5, 0.6) is 0 Å². The lowest BCUT2D eigenvalue weighted by Crippen LogP contribution is -2.24. The molecule has 0 saturated carbocycles. The fraction of sp³-hybridized carbons (Fsp3) is 0.0588. The molecule has 2 aromatic carbocycles. The second-order valence-electron chi connectivity index (χ2n) is 5.41. The minimum absolute atomic E-state index is 0.400. The molecule has 2 aliphatic heterocycles. The number of hydrogen-bond donors (Lipinski definition) is 1. The summed E-state index contributed by atoms with van der Waals surface area (Å²) in [5, 5.41) is 2.49. The summed E-state index contributed by atoms with van der Waals surface area (Å²) in [5.41, 5.74) is 2.37. The molecule has 4 rings (SSSR count). The first kappa shape index (κ1) is 24.3. The number of Topliss-reactive ketones (excluding diaryl/α,β-unsaturated/α-hetero) is 2. The van der Waals surface area contributed by atoms with Gasteiger partial charge in [-0.2, -0.15) is 0 Å². The van der Waals surface area contributed by atoms with Gasteiger partial charge in [0.2, 0.25) is 0 Å². The molecule has 0 saturated heterocycles. The summed E-state index contributed by atoms with van der Waals surface area (Å²) in [6, 6.07) is 10.8. The van der Waals surface area contributed by atoms with Crippen molar-refractivity contribution in [2.45, 2.75) is 0 Å². The number of benzene rings is 2. The van der Waals surface area contributed by atoms with E-state index in [9.17, 15) is 19.2 Å². The molecule has 2 aliphatic rings. The van der Waals surface area contributed by atoms with Crippen molar-refractivity contribution in [2.75, 3.05) is 17.3 Å². The molecule has 0 fully saturated rings. The molecule has 0 aromatic heterocycles. The summed E-state index contributed by atoms with van der Waals surface area (Å²) >= 11 is 12.8. The Labute approximate surface area is 209 Å². The van der Waals surface area contributed by atoms with E-state index in [1.165, 1.54) is 22.7 Å². The lowest BCUT2D eigenvalue weighted by molar-refractivity contribution is -0.114. The maximum atomic E-state index is 11.4. The highest BCUT2D eigenvalue weighted by Gasteiger charge is 2.34. The maximum absolute atomic E-state index is 11.4. The van der Waals surface area contributed by atoms with Gasteiger partial charge < -0.3 is 10.2 Å². The predicted octanol–water partition coefficient (Wildman–Crippen LogP) is 2.87. The number of halogens is 2. The number of hydrogen-bond acceptors (Lipinski definition) is 6. The summed E-state index contributed by atoms with van der Waals surface area (Å²) in [4.78, 5) is 46.2. The third kappa shape index (κ3) is 5.41. The zero-order chi connectivity index (χ0) is 21.7. The van der Waals surface area contributed by atoms with Crippen LogP contribution in [0.25, 0.3) is 0 Å². The SMILES string of the molecule is CN1C(=O)C(=O)c2c(I)cccc21.O=C1Nc2cccc(I)c2C1=O.S=S=S=S. The first-order chi connectivity index (χ1) is 13.7. The third-order valence-corrected chi connectivity index (χ3v) is 7.82. The Balaban J connectivity index is 0.000000176. The summed E-state index contributed by atoms with van der Waals surface area (Å²) in [5.74, 6) is -1.81. The molecule has 0 spiro atoms. The minimum Gasteiger partial charge on any atom is -0.318 e. The van der Waals surface area contributed by atoms with Gasteiger partial charge in [0.25, 0.3) is 23.4 Å². The van der Waals surface area contributed by atoms with Crippen LogP contribution in [0, 0.1) is 7.14 Å². The van der Waals surface area contributed by atoms with Gasteiger partial charge in [-0.1, -0.05) is 12.1 Å². The second kappa shape index (κ2) is 10.9. The van der Waals surface area contributed by atoms with Crippen molar-refractivity contribution in [1.82, 2.24) is 0 Å². The summed E-state index contributed by atoms with van der Waals surface area (Å²) in [6.07, 6.45) is 0. The summed E-state index contributed by atoms with van der Waals surface area (Å²) < 4.78 is 1.64. The molecule has 6 nitrogen and oxygen atoms in total. The Hall–Kier alpha value is -0.940. The molecule has 2 amide bonds. The van der Waals surface area contributed by atoms with Crippen LogP contribution < -0.4 is 10.2 Å². The van der Waals surface area contributed by atoms with Crippen LogP contribution in [-0.4, -0.2) is 30.4 Å². The van der Waals surface area contributed by atoms with E-state index in [0.717, 1.165) is 7.14 Å². The average Bonchev–Trinajstić information content (AvgIpc) is 3.12. The first-order valence-corrected chi connectivity index (χ1v) is 13.7. The fourth-order valence-corrected chi connectivity index (χ4v) is 4.01. The van der Waals surface area contributed by atoms with Gasteiger partial charge in [-0.05, 0) is 69.4 Å². The van der Waals surface area contributed by atoms with E-state index in [2.05, 4.69) is 50.3 Å². The van der Waals surface area contributed by atoms with Crippen LogP contribution in [-0.2, 0) is 49.7 Å². The number of fused-ring (bicyclic) bond motifs is 2. The van der Waals surface area contributed by atoms with Gasteiger partial charge >= 0.3 is 0 Å². The minimum atomic E-state index is -0.533. The summed E-state index contributed by atoms with van der Waals surface area (Å²) in [7, 11) is 3.96. The Morgan fingerprint density at radius 3 is 1.93 bits per heavy atom. The van der Waals surface area contributed by atoms with Gasteiger partial charge in [0, 0.05) is 54.3 Å². The van der Waals surface area contributed by atoms with E-state index in [1.54, 1.807) is 31.3 Å². The third-order valence-electron chi connectivity index (χ3n) is 3.80. The molecule has 12 heteroatoms. The smallest absolute Gasteiger partial charge is 0.299 e. The monoisotopic (exact) mass is 688 g/mol. The largest absolute Gasteiger partial charge is 0.318 e. The second-order valence-corrected chi connectivity index (χ2v) is 11.3. The van der Waals surface area contributed by atoms with Crippen molar-refractivity contribution in [3.8, 4) is 0 Å². The van der Waals surface area contributed by atoms with Crippen molar-refractivity contribution in [1.29, 1.82) is 0 Å². The van der Waals surface area contributed by atoms with E-state index < -0.39 is 23.4 Å². The van der Waals surface area contributed by atoms with E-state index in [1.807, 2.05) is 34.7 Å². The number of amides is 2. The van der Waals surface area contributed by atoms with E-state index in [4.69, 9.17) is 0 Å². The maximum Gasteiger partial charge on any atom is 0.299 e. The number of nitrogens with zero attached hydrogens (tertiary/aromatic N) is 1. The molecule has 0 radical (unpaired) electrons. The molecule has 0 unspecified atom stereocenters. The number of carbonyl (C=O) groups excluding carboxylic acids is 4. The van der Waals surface area contributed by atoms with E-state index in [-0.39, 0.29) is 0 Å². The zero-order valence-electron chi connectivity index (χ0n) is 14.4. The van der Waals surface area contributed by atoms with Crippen LogP contribution in [0.2, 0.25) is 0 Å². The van der Waals surface area contributed by atoms with Crippen LogP contribution in [0.1, 0.15) is 20.7 Å². The first-order valence-electron chi connectivity index (χ1n) is 7.58. The van der Waals surface area contributed by atoms with Gasteiger partial charge in [0.15, 0.2) is 0 Å². The molecular weight excluding hydrogens is 678 g/mol. The molecule has 0 bridgehead atoms. The van der Waals surface area contributed by atoms with Crippen molar-refractivity contribution >= 4 is 120 Å². The van der Waals surface area contributed by atoms with Crippen LogP contribution in [0.15, 0.2) is 36.4 Å². The number of anilines is 2. The number of likely N-dealkylation sites (N-methyl/N-ethyl adjacent to an activating group) is 1. The van der Waals surface area contributed by atoms with Crippen molar-refractivity contribution in [3.63, 3.8) is 0 Å². The lowest BCUT2D eigenvalue weighted by atomic mass is 10.1. The fourth-order valence-electron chi connectivity index (χ4n) is 2.54. The highest BCUT2D eigenvalue weighted by atomic mass is 127. The zero-order valence-corrected chi connectivity index (χ0v) is 22.0.